The summed E-state index contributed by atoms with van der Waals surface area (Å²) in [6.45, 7) is 6.37. The van der Waals surface area contributed by atoms with Gasteiger partial charge in [-0.05, 0) is 51.8 Å². The summed E-state index contributed by atoms with van der Waals surface area (Å²) in [6, 6.07) is 4.04. The Morgan fingerprint density at radius 2 is 2.08 bits per heavy atom. The van der Waals surface area contributed by atoms with Crippen LogP contribution >= 0.6 is 0 Å². The van der Waals surface area contributed by atoms with Gasteiger partial charge in [-0.3, -0.25) is 0 Å². The molecule has 1 aromatic rings. The predicted octanol–water partition coefficient (Wildman–Crippen LogP) is 2.05. The zero-order chi connectivity index (χ0) is 18.0. The highest BCUT2D eigenvalue weighted by atomic mass is 32.2. The average Bonchev–Trinajstić information content (AvgIpc) is 2.95. The van der Waals surface area contributed by atoms with E-state index in [1.807, 2.05) is 0 Å². The van der Waals surface area contributed by atoms with E-state index in [2.05, 4.69) is 10.0 Å². The number of carboxylic acid groups (broad SMARTS) is 1. The summed E-state index contributed by atoms with van der Waals surface area (Å²) in [5.74, 6) is -1.17. The van der Waals surface area contributed by atoms with Crippen molar-refractivity contribution in [1.29, 1.82) is 0 Å². The summed E-state index contributed by atoms with van der Waals surface area (Å²) in [5, 5.41) is 12.2. The number of anilines is 1. The van der Waals surface area contributed by atoms with Gasteiger partial charge in [0.1, 0.15) is 4.90 Å². The van der Waals surface area contributed by atoms with Crippen molar-refractivity contribution in [1.82, 2.24) is 4.72 Å². The van der Waals surface area contributed by atoms with Crippen LogP contribution in [0, 0.1) is 0 Å². The largest absolute Gasteiger partial charge is 0.478 e. The van der Waals surface area contributed by atoms with Gasteiger partial charge in [0.2, 0.25) is 10.0 Å². The molecule has 2 rings (SSSR count). The van der Waals surface area contributed by atoms with Gasteiger partial charge in [-0.2, -0.15) is 0 Å². The second kappa shape index (κ2) is 7.08. The number of sulfonamides is 1. The van der Waals surface area contributed by atoms with Gasteiger partial charge in [0, 0.05) is 18.7 Å². The molecule has 3 N–H and O–H groups in total. The summed E-state index contributed by atoms with van der Waals surface area (Å²) < 4.78 is 33.4. The molecule has 0 unspecified atom stereocenters. The molecular weight excluding hydrogens is 332 g/mol. The maximum absolute atomic E-state index is 12.7. The van der Waals surface area contributed by atoms with Crippen molar-refractivity contribution < 1.29 is 23.1 Å². The Hall–Kier alpha value is -1.64. The van der Waals surface area contributed by atoms with E-state index in [0.29, 0.717) is 18.8 Å². The first-order valence-electron chi connectivity index (χ1n) is 7.85. The average molecular weight is 356 g/mol. The zero-order valence-electron chi connectivity index (χ0n) is 14.1. The van der Waals surface area contributed by atoms with E-state index >= 15 is 0 Å². The summed E-state index contributed by atoms with van der Waals surface area (Å²) in [6.07, 6.45) is 1.94. The van der Waals surface area contributed by atoms with E-state index in [1.165, 1.54) is 18.2 Å². The summed E-state index contributed by atoms with van der Waals surface area (Å²) in [7, 11) is -3.87. The van der Waals surface area contributed by atoms with Gasteiger partial charge in [0.25, 0.3) is 0 Å². The molecule has 7 nitrogen and oxygen atoms in total. The third kappa shape index (κ3) is 4.93. The normalized spacial score (nSPS) is 18.5. The predicted molar refractivity (Wildman–Crippen MR) is 90.9 cm³/mol. The van der Waals surface area contributed by atoms with Crippen LogP contribution in [0.3, 0.4) is 0 Å². The van der Waals surface area contributed by atoms with Gasteiger partial charge in [-0.1, -0.05) is 0 Å². The molecule has 0 spiro atoms. The Kier molecular flexibility index (Phi) is 5.52. The number of hydrogen-bond donors (Lipinski definition) is 3. The van der Waals surface area contributed by atoms with E-state index in [1.54, 1.807) is 20.8 Å². The molecule has 0 aromatic heterocycles. The van der Waals surface area contributed by atoms with Gasteiger partial charge in [0.05, 0.1) is 17.4 Å². The molecule has 134 valence electrons. The number of hydrogen-bond acceptors (Lipinski definition) is 5. The van der Waals surface area contributed by atoms with Crippen LogP contribution in [0.25, 0.3) is 0 Å². The van der Waals surface area contributed by atoms with Crippen molar-refractivity contribution in [3.63, 3.8) is 0 Å². The van der Waals surface area contributed by atoms with E-state index in [0.717, 1.165) is 12.8 Å². The Morgan fingerprint density at radius 1 is 1.38 bits per heavy atom. The van der Waals surface area contributed by atoms with Crippen LogP contribution in [0.1, 0.15) is 44.0 Å². The van der Waals surface area contributed by atoms with Gasteiger partial charge < -0.3 is 15.2 Å². The van der Waals surface area contributed by atoms with Crippen molar-refractivity contribution in [2.24, 2.45) is 0 Å². The van der Waals surface area contributed by atoms with Crippen molar-refractivity contribution in [3.8, 4) is 0 Å². The lowest BCUT2D eigenvalue weighted by molar-refractivity contribution is 0.0696. The minimum Gasteiger partial charge on any atom is -0.478 e. The SMILES string of the molecule is CC(C)(C)NS(=O)(=O)c1cc(C(=O)O)ccc1NC[C@H]1CCCO1. The topological polar surface area (TPSA) is 105 Å². The second-order valence-electron chi connectivity index (χ2n) is 6.89. The summed E-state index contributed by atoms with van der Waals surface area (Å²) >= 11 is 0. The Morgan fingerprint density at radius 3 is 2.62 bits per heavy atom. The van der Waals surface area contributed by atoms with Crippen LogP contribution < -0.4 is 10.0 Å². The maximum atomic E-state index is 12.7. The highest BCUT2D eigenvalue weighted by molar-refractivity contribution is 7.89. The first kappa shape index (κ1) is 18.7. The molecule has 1 fully saturated rings. The number of carbonyl (C=O) groups is 1. The summed E-state index contributed by atoms with van der Waals surface area (Å²) in [5.41, 5.74) is -0.386. The van der Waals surface area contributed by atoms with Gasteiger partial charge in [-0.25, -0.2) is 17.9 Å². The van der Waals surface area contributed by atoms with Crippen molar-refractivity contribution >= 4 is 21.7 Å². The fourth-order valence-corrected chi connectivity index (χ4v) is 4.14. The molecular formula is C16H24N2O5S. The van der Waals surface area contributed by atoms with Gasteiger partial charge >= 0.3 is 5.97 Å². The zero-order valence-corrected chi connectivity index (χ0v) is 14.9. The van der Waals surface area contributed by atoms with Crippen LogP contribution in [0.2, 0.25) is 0 Å². The maximum Gasteiger partial charge on any atom is 0.335 e. The second-order valence-corrected chi connectivity index (χ2v) is 8.54. The highest BCUT2D eigenvalue weighted by Crippen LogP contribution is 2.25. The van der Waals surface area contributed by atoms with E-state index in [-0.39, 0.29) is 16.6 Å². The highest BCUT2D eigenvalue weighted by Gasteiger charge is 2.26. The fraction of sp³-hybridized carbons (Fsp3) is 0.562. The fourth-order valence-electron chi connectivity index (χ4n) is 2.51. The Labute approximate surface area is 142 Å². The molecule has 1 aliphatic heterocycles. The third-order valence-electron chi connectivity index (χ3n) is 3.50. The van der Waals surface area contributed by atoms with Crippen molar-refractivity contribution in [2.45, 2.75) is 50.2 Å². The molecule has 1 heterocycles. The van der Waals surface area contributed by atoms with Crippen LogP contribution in [0.15, 0.2) is 23.1 Å². The van der Waals surface area contributed by atoms with Crippen LogP contribution in [-0.4, -0.2) is 44.3 Å². The number of benzene rings is 1. The lowest BCUT2D eigenvalue weighted by Crippen LogP contribution is -2.40. The number of rotatable bonds is 6. The van der Waals surface area contributed by atoms with E-state index in [9.17, 15) is 13.2 Å². The molecule has 1 atom stereocenters. The molecule has 0 saturated carbocycles. The third-order valence-corrected chi connectivity index (χ3v) is 5.30. The number of nitrogens with one attached hydrogen (secondary N) is 2. The Bertz CT molecular complexity index is 704. The van der Waals surface area contributed by atoms with Crippen molar-refractivity contribution in [2.75, 3.05) is 18.5 Å². The lowest BCUT2D eigenvalue weighted by Gasteiger charge is -2.22. The molecule has 1 aliphatic rings. The standard InChI is InChI=1S/C16H24N2O5S/c1-16(2,3)18-24(21,22)14-9-11(15(19)20)6-7-13(14)17-10-12-5-4-8-23-12/h6-7,9,12,17-18H,4-5,8,10H2,1-3H3,(H,19,20)/t12-/m1/s1. The molecule has 0 bridgehead atoms. The Balaban J connectivity index is 2.33. The monoisotopic (exact) mass is 356 g/mol. The molecule has 1 aromatic carbocycles. The van der Waals surface area contributed by atoms with Crippen molar-refractivity contribution in [3.05, 3.63) is 23.8 Å². The minimum absolute atomic E-state index is 0.0373. The summed E-state index contributed by atoms with van der Waals surface area (Å²) in [4.78, 5) is 11.1. The van der Waals surface area contributed by atoms with E-state index < -0.39 is 21.5 Å². The first-order valence-corrected chi connectivity index (χ1v) is 9.33. The number of carboxylic acids is 1. The molecule has 0 aliphatic carbocycles. The molecule has 24 heavy (non-hydrogen) atoms. The lowest BCUT2D eigenvalue weighted by atomic mass is 10.1. The smallest absolute Gasteiger partial charge is 0.335 e. The van der Waals surface area contributed by atoms with Gasteiger partial charge in [-0.15, -0.1) is 0 Å². The first-order chi connectivity index (χ1) is 11.1. The quantitative estimate of drug-likeness (QED) is 0.720. The minimum atomic E-state index is -3.87. The van der Waals surface area contributed by atoms with Crippen LogP contribution in [0.4, 0.5) is 5.69 Å². The van der Waals surface area contributed by atoms with Crippen LogP contribution in [0.5, 0.6) is 0 Å². The molecule has 0 radical (unpaired) electrons. The van der Waals surface area contributed by atoms with Gasteiger partial charge in [0.15, 0.2) is 0 Å². The molecule has 0 amide bonds. The number of ether oxygens (including phenoxy) is 1. The molecule has 1 saturated heterocycles. The molecule has 8 heteroatoms. The van der Waals surface area contributed by atoms with Crippen LogP contribution in [-0.2, 0) is 14.8 Å². The number of aromatic carboxylic acids is 1. The van der Waals surface area contributed by atoms with E-state index in [4.69, 9.17) is 9.84 Å².